The van der Waals surface area contributed by atoms with E-state index in [0.717, 1.165) is 24.8 Å². The van der Waals surface area contributed by atoms with Crippen molar-refractivity contribution in [2.24, 2.45) is 11.8 Å². The molecule has 5 rings (SSSR count). The molecule has 4 heterocycles. The summed E-state index contributed by atoms with van der Waals surface area (Å²) in [6.45, 7) is 4.64. The summed E-state index contributed by atoms with van der Waals surface area (Å²) in [4.78, 5) is 45.4. The van der Waals surface area contributed by atoms with E-state index in [4.69, 9.17) is 16.3 Å². The lowest BCUT2D eigenvalue weighted by atomic mass is 9.74. The van der Waals surface area contributed by atoms with Crippen molar-refractivity contribution in [3.63, 3.8) is 0 Å². The average molecular weight is 545 g/mol. The number of benzene rings is 1. The monoisotopic (exact) mass is 544 g/mol. The molecule has 4 aliphatic rings. The molecule has 0 radical (unpaired) electrons. The lowest BCUT2D eigenvalue weighted by Gasteiger charge is -2.37. The summed E-state index contributed by atoms with van der Waals surface area (Å²) in [6, 6.07) is 4.67. The molecule has 1 spiro atoms. The molecule has 1 aromatic rings. The molecule has 2 saturated heterocycles. The van der Waals surface area contributed by atoms with Crippen molar-refractivity contribution in [1.82, 2.24) is 4.90 Å². The van der Waals surface area contributed by atoms with Crippen LogP contribution in [0.15, 0.2) is 42.5 Å². The molecule has 1 aromatic carbocycles. The van der Waals surface area contributed by atoms with Crippen LogP contribution < -0.4 is 4.90 Å². The summed E-state index contributed by atoms with van der Waals surface area (Å²) in [6.07, 6.45) is 10.9. The van der Waals surface area contributed by atoms with Gasteiger partial charge in [0.2, 0.25) is 5.91 Å². The number of aryl methyl sites for hydroxylation is 1. The van der Waals surface area contributed by atoms with Crippen LogP contribution in [0.4, 0.5) is 5.69 Å². The number of ether oxygens (including phenoxy) is 1. The number of esters is 1. The van der Waals surface area contributed by atoms with Gasteiger partial charge in [-0.25, -0.2) is 0 Å². The Morgan fingerprint density at radius 1 is 1.14 bits per heavy atom. The first-order valence-corrected chi connectivity index (χ1v) is 14.1. The van der Waals surface area contributed by atoms with Gasteiger partial charge in [-0.2, -0.15) is 0 Å². The minimum atomic E-state index is -0.954. The van der Waals surface area contributed by atoms with Crippen LogP contribution in [0.3, 0.4) is 0 Å². The summed E-state index contributed by atoms with van der Waals surface area (Å²) in [5, 5.41) is 10.0. The van der Waals surface area contributed by atoms with Crippen molar-refractivity contribution in [3.05, 3.63) is 53.1 Å². The lowest BCUT2D eigenvalue weighted by Crippen LogP contribution is -2.53. The molecule has 0 saturated carbocycles. The second kappa shape index (κ2) is 10.1. The van der Waals surface area contributed by atoms with E-state index >= 15 is 0 Å². The quantitative estimate of drug-likeness (QED) is 0.457. The zero-order chi connectivity index (χ0) is 26.4. The van der Waals surface area contributed by atoms with E-state index in [0.29, 0.717) is 30.3 Å². The highest BCUT2D eigenvalue weighted by atomic mass is 35.5. The number of likely N-dealkylation sites (tertiary alicyclic amines) is 1. The highest BCUT2D eigenvalue weighted by molar-refractivity contribution is 8.02. The number of amides is 2. The fourth-order valence-electron chi connectivity index (χ4n) is 6.44. The molecule has 9 heteroatoms. The first-order chi connectivity index (χ1) is 17.7. The van der Waals surface area contributed by atoms with Crippen LogP contribution in [0.2, 0.25) is 5.02 Å². The van der Waals surface area contributed by atoms with Gasteiger partial charge in [-0.05, 0) is 51.2 Å². The smallest absolute Gasteiger partial charge is 0.311 e. The van der Waals surface area contributed by atoms with Crippen LogP contribution in [0, 0.1) is 18.8 Å². The number of halogens is 1. The number of allylic oxidation sites excluding steroid dienone is 1. The summed E-state index contributed by atoms with van der Waals surface area (Å²) < 4.78 is 4.03. The number of hydrogen-bond acceptors (Lipinski definition) is 6. The third-order valence-electron chi connectivity index (χ3n) is 8.02. The molecule has 198 valence electrons. The summed E-state index contributed by atoms with van der Waals surface area (Å²) in [5.74, 6) is -2.34. The normalized spacial score (nSPS) is 34.5. The van der Waals surface area contributed by atoms with Crippen LogP contribution in [-0.2, 0) is 19.1 Å². The molecule has 1 N–H and O–H groups in total. The average Bonchev–Trinajstić information content (AvgIpc) is 3.18. The highest BCUT2D eigenvalue weighted by Gasteiger charge is 2.73. The van der Waals surface area contributed by atoms with Crippen molar-refractivity contribution < 1.29 is 24.2 Å². The van der Waals surface area contributed by atoms with Crippen molar-refractivity contribution in [3.8, 4) is 0 Å². The van der Waals surface area contributed by atoms with E-state index in [1.54, 1.807) is 15.9 Å². The van der Waals surface area contributed by atoms with E-state index in [-0.39, 0.29) is 30.9 Å². The van der Waals surface area contributed by atoms with Crippen molar-refractivity contribution >= 4 is 46.8 Å². The minimum Gasteiger partial charge on any atom is -0.465 e. The van der Waals surface area contributed by atoms with Gasteiger partial charge in [-0.1, -0.05) is 48.0 Å². The predicted molar refractivity (Wildman–Crippen MR) is 145 cm³/mol. The van der Waals surface area contributed by atoms with Gasteiger partial charge < -0.3 is 19.6 Å². The molecule has 2 amide bonds. The van der Waals surface area contributed by atoms with Crippen molar-refractivity contribution in [1.29, 1.82) is 0 Å². The molecule has 0 bridgehead atoms. The van der Waals surface area contributed by atoms with E-state index in [1.807, 2.05) is 44.2 Å². The highest BCUT2D eigenvalue weighted by Crippen LogP contribution is 2.65. The number of carbonyl (C=O) groups excluding carboxylic acids is 3. The van der Waals surface area contributed by atoms with Crippen LogP contribution >= 0.6 is 23.4 Å². The van der Waals surface area contributed by atoms with Gasteiger partial charge in [0.15, 0.2) is 0 Å². The second-order valence-corrected chi connectivity index (χ2v) is 12.6. The number of fused-ring (bicyclic) bond motifs is 2. The first-order valence-electron chi connectivity index (χ1n) is 13.0. The number of carbonyl (C=O) groups is 3. The summed E-state index contributed by atoms with van der Waals surface area (Å²) in [7, 11) is 0. The molecule has 1 unspecified atom stereocenters. The van der Waals surface area contributed by atoms with Gasteiger partial charge in [0.25, 0.3) is 5.91 Å². The summed E-state index contributed by atoms with van der Waals surface area (Å²) in [5.41, 5.74) is 1.49. The molecular weight excluding hydrogens is 512 g/mol. The maximum Gasteiger partial charge on any atom is 0.311 e. The number of thioether (sulfide) groups is 1. The van der Waals surface area contributed by atoms with E-state index < -0.39 is 27.4 Å². The van der Waals surface area contributed by atoms with E-state index in [9.17, 15) is 19.5 Å². The topological polar surface area (TPSA) is 87.2 Å². The van der Waals surface area contributed by atoms with Gasteiger partial charge in [-0.3, -0.25) is 14.4 Å². The van der Waals surface area contributed by atoms with Gasteiger partial charge in [0.05, 0.1) is 33.9 Å². The van der Waals surface area contributed by atoms with Crippen molar-refractivity contribution in [2.75, 3.05) is 31.2 Å². The van der Waals surface area contributed by atoms with Gasteiger partial charge >= 0.3 is 5.97 Å². The molecule has 2 fully saturated rings. The number of nitrogens with zero attached hydrogens (tertiary/aromatic N) is 2. The summed E-state index contributed by atoms with van der Waals surface area (Å²) >= 11 is 8.11. The lowest BCUT2D eigenvalue weighted by molar-refractivity contribution is -0.154. The Morgan fingerprint density at radius 2 is 1.95 bits per heavy atom. The van der Waals surface area contributed by atoms with Gasteiger partial charge in [0, 0.05) is 24.4 Å². The zero-order valence-electron chi connectivity index (χ0n) is 21.2. The number of hydrogen-bond donors (Lipinski definition) is 1. The fourth-order valence-corrected chi connectivity index (χ4v) is 8.92. The van der Waals surface area contributed by atoms with Crippen LogP contribution in [0.1, 0.15) is 38.2 Å². The van der Waals surface area contributed by atoms with Crippen LogP contribution in [0.5, 0.6) is 0 Å². The minimum absolute atomic E-state index is 0.107. The fraction of sp³-hybridized carbons (Fsp3) is 0.536. The Bertz CT molecular complexity index is 1150. The molecule has 0 aromatic heterocycles. The number of aliphatic hydroxyl groups is 1. The molecule has 7 nitrogen and oxygen atoms in total. The maximum atomic E-state index is 14.4. The number of para-hydroxylation sites is 1. The first kappa shape index (κ1) is 26.3. The predicted octanol–water partition coefficient (Wildman–Crippen LogP) is 3.90. The second-order valence-electron chi connectivity index (χ2n) is 10.4. The Balaban J connectivity index is 1.65. The molecule has 4 aliphatic heterocycles. The van der Waals surface area contributed by atoms with Gasteiger partial charge in [0.1, 0.15) is 6.04 Å². The Morgan fingerprint density at radius 3 is 2.70 bits per heavy atom. The van der Waals surface area contributed by atoms with Crippen molar-refractivity contribution in [2.45, 2.75) is 55.1 Å². The largest absolute Gasteiger partial charge is 0.465 e. The number of rotatable bonds is 4. The van der Waals surface area contributed by atoms with E-state index in [2.05, 4.69) is 6.08 Å². The Hall–Kier alpha value is -2.29. The molecule has 37 heavy (non-hydrogen) atoms. The number of aliphatic hydroxyl groups excluding tert-OH is 1. The third-order valence-corrected chi connectivity index (χ3v) is 10.1. The Labute approximate surface area is 226 Å². The SMILES string of the molecule is Cc1cccc(Cl)c1N1CC=C[C@]23S[C@]4(C)/C=C\CCCCOC(=O)[C@@H]4[C@H]2C(=O)N(CCCO)C3C1=O. The standard InChI is InChI=1S/C28H33ClN2O5S/c1-18-10-7-11-19(29)22(18)30-14-8-13-28-20(24(33)31(15-9-16-32)23(28)25(30)34)21-26(35)36-17-6-4-3-5-12-27(21,2)37-28/h5,7-8,10-13,20-21,23,32H,3-4,6,9,14-17H2,1-2H3/b12-5-/t20-,21-,23?,27+,28-/m0/s1. The van der Waals surface area contributed by atoms with Crippen LogP contribution in [-0.4, -0.2) is 69.6 Å². The zero-order valence-corrected chi connectivity index (χ0v) is 22.8. The molecule has 5 atom stereocenters. The van der Waals surface area contributed by atoms with Gasteiger partial charge in [-0.15, -0.1) is 11.8 Å². The maximum absolute atomic E-state index is 14.4. The number of cyclic esters (lactones) is 1. The molecule has 0 aliphatic carbocycles. The van der Waals surface area contributed by atoms with E-state index in [1.165, 1.54) is 11.8 Å². The number of anilines is 1. The third kappa shape index (κ3) is 4.21. The van der Waals surface area contributed by atoms with Crippen LogP contribution in [0.25, 0.3) is 0 Å². The Kier molecular flexibility index (Phi) is 7.20. The molecular formula is C28H33ClN2O5S.